The van der Waals surface area contributed by atoms with E-state index in [2.05, 4.69) is 10.3 Å². The predicted molar refractivity (Wildman–Crippen MR) is 85.4 cm³/mol. The van der Waals surface area contributed by atoms with Crippen molar-refractivity contribution >= 4 is 32.5 Å². The third-order valence-electron chi connectivity index (χ3n) is 3.11. The number of carbonyl (C=O) groups is 1. The Morgan fingerprint density at radius 1 is 1.18 bits per heavy atom. The second-order valence-corrected chi connectivity index (χ2v) is 5.52. The zero-order chi connectivity index (χ0) is 14.7. The van der Waals surface area contributed by atoms with E-state index >= 15 is 0 Å². The molecule has 0 saturated heterocycles. The molecule has 0 unspecified atom stereocenters. The van der Waals surface area contributed by atoms with Crippen LogP contribution in [-0.2, 0) is 0 Å². The minimum absolute atomic E-state index is 0. The molecule has 0 radical (unpaired) electrons. The van der Waals surface area contributed by atoms with Crippen LogP contribution >= 0.6 is 11.3 Å². The third kappa shape index (κ3) is 3.64. The fraction of sp³-hybridized carbons (Fsp3) is 0.125. The first kappa shape index (κ1) is 16.5. The zero-order valence-corrected chi connectivity index (χ0v) is 14.3. The van der Waals surface area contributed by atoms with Crippen molar-refractivity contribution in [1.82, 2.24) is 4.98 Å². The van der Waals surface area contributed by atoms with Crippen LogP contribution in [0.25, 0.3) is 10.2 Å². The van der Waals surface area contributed by atoms with Crippen LogP contribution in [0.15, 0.2) is 48.5 Å². The number of methoxy groups -OCH3 is 1. The summed E-state index contributed by atoms with van der Waals surface area (Å²) in [5.41, 5.74) is 1.60. The van der Waals surface area contributed by atoms with Crippen LogP contribution in [0.4, 0.5) is 5.13 Å². The van der Waals surface area contributed by atoms with Gasteiger partial charge in [-0.15, -0.1) is 0 Å². The topological polar surface area (TPSA) is 51.2 Å². The lowest BCUT2D eigenvalue weighted by Crippen LogP contribution is -3.00. The van der Waals surface area contributed by atoms with Gasteiger partial charge in [0.15, 0.2) is 10.9 Å². The standard InChI is InChI=1S/C16H14N2O2S.BrH/c1-20-12-8-6-11(7-9-12)14(19)10-17-16-18-13-4-2-3-5-15(13)21-16;/h2-9H,10H2,1H3,(H,17,18);1H/p-1. The molecule has 0 spiro atoms. The number of rotatable bonds is 5. The van der Waals surface area contributed by atoms with Crippen molar-refractivity contribution in [3.8, 4) is 5.75 Å². The number of ketones is 1. The third-order valence-corrected chi connectivity index (χ3v) is 4.10. The number of hydrogen-bond donors (Lipinski definition) is 1. The Hall–Kier alpha value is -1.92. The van der Waals surface area contributed by atoms with Gasteiger partial charge in [-0.25, -0.2) is 4.98 Å². The number of ether oxygens (including phenoxy) is 1. The zero-order valence-electron chi connectivity index (χ0n) is 11.9. The minimum Gasteiger partial charge on any atom is -1.00 e. The van der Waals surface area contributed by atoms with E-state index in [1.54, 1.807) is 42.7 Å². The van der Waals surface area contributed by atoms with Crippen molar-refractivity contribution in [1.29, 1.82) is 0 Å². The van der Waals surface area contributed by atoms with E-state index in [4.69, 9.17) is 4.74 Å². The van der Waals surface area contributed by atoms with Crippen LogP contribution in [-0.4, -0.2) is 24.4 Å². The molecule has 0 amide bonds. The van der Waals surface area contributed by atoms with Crippen molar-refractivity contribution < 1.29 is 26.5 Å². The first-order chi connectivity index (χ1) is 10.3. The molecule has 0 fully saturated rings. The second-order valence-electron chi connectivity index (χ2n) is 4.49. The van der Waals surface area contributed by atoms with Gasteiger partial charge in [-0.05, 0) is 36.4 Å². The van der Waals surface area contributed by atoms with Gasteiger partial charge in [-0.2, -0.15) is 0 Å². The summed E-state index contributed by atoms with van der Waals surface area (Å²) in [6.45, 7) is 0.228. The molecular formula is C16H14BrN2O2S-. The Bertz CT molecular complexity index is 738. The Balaban J connectivity index is 0.00000176. The molecule has 3 rings (SSSR count). The molecule has 22 heavy (non-hydrogen) atoms. The van der Waals surface area contributed by atoms with E-state index in [9.17, 15) is 4.79 Å². The molecule has 6 heteroatoms. The average Bonchev–Trinajstić information content (AvgIpc) is 2.95. The predicted octanol–water partition coefficient (Wildman–Crippen LogP) is 0.604. The summed E-state index contributed by atoms with van der Waals surface area (Å²) in [6, 6.07) is 15.0. The van der Waals surface area contributed by atoms with Crippen LogP contribution in [0.2, 0.25) is 0 Å². The molecule has 1 aromatic heterocycles. The van der Waals surface area contributed by atoms with Gasteiger partial charge in [0.2, 0.25) is 0 Å². The molecule has 0 atom stereocenters. The number of Topliss-reactive ketones (excluding diaryl/α,β-unsaturated/α-hetero) is 1. The lowest BCUT2D eigenvalue weighted by molar-refractivity contribution is -0.0000121. The molecule has 0 aliphatic heterocycles. The van der Waals surface area contributed by atoms with Gasteiger partial charge in [0.25, 0.3) is 0 Å². The average molecular weight is 378 g/mol. The molecular weight excluding hydrogens is 364 g/mol. The smallest absolute Gasteiger partial charge is 0.184 e. The SMILES string of the molecule is COc1ccc(C(=O)CNc2nc3ccccc3s2)cc1.[Br-]. The van der Waals surface area contributed by atoms with E-state index in [0.29, 0.717) is 5.56 Å². The van der Waals surface area contributed by atoms with E-state index in [0.717, 1.165) is 21.1 Å². The normalized spacial score (nSPS) is 10.0. The summed E-state index contributed by atoms with van der Waals surface area (Å²) in [6.07, 6.45) is 0. The summed E-state index contributed by atoms with van der Waals surface area (Å²) in [5, 5.41) is 3.85. The molecule has 4 nitrogen and oxygen atoms in total. The summed E-state index contributed by atoms with van der Waals surface area (Å²) < 4.78 is 6.18. The monoisotopic (exact) mass is 377 g/mol. The van der Waals surface area contributed by atoms with Gasteiger partial charge in [-0.1, -0.05) is 23.5 Å². The van der Waals surface area contributed by atoms with Crippen LogP contribution in [0.5, 0.6) is 5.75 Å². The van der Waals surface area contributed by atoms with Crippen molar-refractivity contribution in [3.63, 3.8) is 0 Å². The molecule has 1 heterocycles. The fourth-order valence-electron chi connectivity index (χ4n) is 1.98. The Morgan fingerprint density at radius 2 is 1.91 bits per heavy atom. The van der Waals surface area contributed by atoms with Crippen LogP contribution in [0.1, 0.15) is 10.4 Å². The van der Waals surface area contributed by atoms with E-state index in [1.165, 1.54) is 0 Å². The molecule has 114 valence electrons. The van der Waals surface area contributed by atoms with Crippen molar-refractivity contribution in [2.75, 3.05) is 19.0 Å². The highest BCUT2D eigenvalue weighted by Gasteiger charge is 2.08. The highest BCUT2D eigenvalue weighted by atomic mass is 79.9. The van der Waals surface area contributed by atoms with Crippen molar-refractivity contribution in [2.45, 2.75) is 0 Å². The quantitative estimate of drug-likeness (QED) is 0.661. The summed E-state index contributed by atoms with van der Waals surface area (Å²) in [4.78, 5) is 16.5. The number of nitrogens with zero attached hydrogens (tertiary/aromatic N) is 1. The first-order valence-corrected chi connectivity index (χ1v) is 7.34. The maximum atomic E-state index is 12.1. The number of fused-ring (bicyclic) bond motifs is 1. The number of benzene rings is 2. The number of aromatic nitrogens is 1. The largest absolute Gasteiger partial charge is 1.00 e. The number of thiazole rings is 1. The Morgan fingerprint density at radius 3 is 2.59 bits per heavy atom. The number of para-hydroxylation sites is 1. The van der Waals surface area contributed by atoms with E-state index in [1.807, 2.05) is 24.3 Å². The van der Waals surface area contributed by atoms with Gasteiger partial charge < -0.3 is 27.0 Å². The van der Waals surface area contributed by atoms with Gasteiger partial charge in [0.1, 0.15) is 5.75 Å². The van der Waals surface area contributed by atoms with E-state index < -0.39 is 0 Å². The summed E-state index contributed by atoms with van der Waals surface area (Å²) >= 11 is 1.55. The van der Waals surface area contributed by atoms with E-state index in [-0.39, 0.29) is 29.3 Å². The fourth-order valence-corrected chi connectivity index (χ4v) is 2.84. The van der Waals surface area contributed by atoms with Crippen molar-refractivity contribution in [3.05, 3.63) is 54.1 Å². The number of carbonyl (C=O) groups excluding carboxylic acids is 1. The number of nitrogens with one attached hydrogen (secondary N) is 1. The number of anilines is 1. The van der Waals surface area contributed by atoms with Crippen molar-refractivity contribution in [2.24, 2.45) is 0 Å². The van der Waals surface area contributed by atoms with Crippen LogP contribution in [0, 0.1) is 0 Å². The van der Waals surface area contributed by atoms with Gasteiger partial charge >= 0.3 is 0 Å². The molecule has 0 bridgehead atoms. The lowest BCUT2D eigenvalue weighted by atomic mass is 10.1. The maximum Gasteiger partial charge on any atom is 0.184 e. The van der Waals surface area contributed by atoms with Crippen LogP contribution < -0.4 is 27.0 Å². The van der Waals surface area contributed by atoms with Gasteiger partial charge in [0.05, 0.1) is 23.9 Å². The van der Waals surface area contributed by atoms with Crippen LogP contribution in [0.3, 0.4) is 0 Å². The summed E-state index contributed by atoms with van der Waals surface area (Å²) in [7, 11) is 1.60. The first-order valence-electron chi connectivity index (χ1n) is 6.53. The highest BCUT2D eigenvalue weighted by Crippen LogP contribution is 2.25. The van der Waals surface area contributed by atoms with Gasteiger partial charge in [-0.3, -0.25) is 4.79 Å². The Kier molecular flexibility index (Phi) is 5.51. The number of hydrogen-bond acceptors (Lipinski definition) is 5. The highest BCUT2D eigenvalue weighted by molar-refractivity contribution is 7.22. The molecule has 3 aromatic rings. The Labute approximate surface area is 142 Å². The summed E-state index contributed by atoms with van der Waals surface area (Å²) in [5.74, 6) is 0.766. The molecule has 0 aliphatic rings. The maximum absolute atomic E-state index is 12.1. The molecule has 1 N–H and O–H groups in total. The molecule has 0 saturated carbocycles. The van der Waals surface area contributed by atoms with Gasteiger partial charge in [0, 0.05) is 5.56 Å². The minimum atomic E-state index is 0. The second kappa shape index (κ2) is 7.38. The molecule has 2 aromatic carbocycles. The lowest BCUT2D eigenvalue weighted by Gasteiger charge is -2.03. The molecule has 0 aliphatic carbocycles. The number of halogens is 1.